The summed E-state index contributed by atoms with van der Waals surface area (Å²) in [5, 5.41) is 6.88. The topological polar surface area (TPSA) is 79.8 Å². The van der Waals surface area contributed by atoms with Gasteiger partial charge in [0.25, 0.3) is 11.8 Å². The molecule has 0 aromatic heterocycles. The monoisotopic (exact) mass is 371 g/mol. The van der Waals surface area contributed by atoms with E-state index in [4.69, 9.17) is 16.3 Å². The summed E-state index contributed by atoms with van der Waals surface area (Å²) in [4.78, 5) is 23.6. The van der Waals surface area contributed by atoms with Crippen molar-refractivity contribution in [2.75, 3.05) is 13.2 Å². The number of halogens is 1. The van der Waals surface area contributed by atoms with Crippen LogP contribution in [0.3, 0.4) is 0 Å². The van der Waals surface area contributed by atoms with Gasteiger partial charge in [-0.1, -0.05) is 24.3 Å². The van der Waals surface area contributed by atoms with Crippen LogP contribution in [0.15, 0.2) is 66.3 Å². The number of carbonyl (C=O) groups is 2. The molecule has 6 nitrogen and oxygen atoms in total. The molecule has 0 saturated heterocycles. The van der Waals surface area contributed by atoms with Crippen LogP contribution in [0, 0.1) is 0 Å². The Kier molecular flexibility index (Phi) is 7.39. The first-order valence-corrected chi connectivity index (χ1v) is 8.15. The fourth-order valence-electron chi connectivity index (χ4n) is 1.89. The van der Waals surface area contributed by atoms with Crippen molar-refractivity contribution in [2.45, 2.75) is 0 Å². The smallest absolute Gasteiger partial charge is 0.259 e. The predicted molar refractivity (Wildman–Crippen MR) is 102 cm³/mol. The summed E-state index contributed by atoms with van der Waals surface area (Å²) < 4.78 is 5.37. The van der Waals surface area contributed by atoms with E-state index in [-0.39, 0.29) is 12.5 Å². The Bertz CT molecular complexity index is 787. The van der Waals surface area contributed by atoms with Crippen molar-refractivity contribution in [1.29, 1.82) is 0 Å². The molecule has 0 aliphatic rings. The highest BCUT2D eigenvalue weighted by Crippen LogP contribution is 2.11. The molecule has 2 amide bonds. The second-order valence-electron chi connectivity index (χ2n) is 5.15. The molecule has 0 spiro atoms. The molecule has 2 rings (SSSR count). The van der Waals surface area contributed by atoms with Crippen LogP contribution < -0.4 is 15.5 Å². The number of rotatable bonds is 8. The Labute approximate surface area is 156 Å². The van der Waals surface area contributed by atoms with Gasteiger partial charge in [-0.05, 0) is 54.1 Å². The summed E-state index contributed by atoms with van der Waals surface area (Å²) in [6.45, 7) is 3.83. The Morgan fingerprint density at radius 1 is 1.12 bits per heavy atom. The highest BCUT2D eigenvalue weighted by Gasteiger charge is 2.07. The van der Waals surface area contributed by atoms with Gasteiger partial charge < -0.3 is 10.1 Å². The molecule has 0 bridgehead atoms. The lowest BCUT2D eigenvalue weighted by atomic mass is 10.2. The van der Waals surface area contributed by atoms with Gasteiger partial charge in [-0.3, -0.25) is 9.59 Å². The summed E-state index contributed by atoms with van der Waals surface area (Å²) in [6, 6.07) is 13.6. The third-order valence-electron chi connectivity index (χ3n) is 3.17. The number of nitrogens with one attached hydrogen (secondary N) is 2. The standard InChI is InChI=1S/C19H18ClN3O3/c1-2-11-26-17-9-3-14(4-10-17)12-22-23-18(24)13-21-19(25)15-5-7-16(20)8-6-15/h2-10,12H,1,11,13H2,(H,21,25)(H,23,24). The first kappa shape index (κ1) is 19.2. The first-order chi connectivity index (χ1) is 12.6. The zero-order chi connectivity index (χ0) is 18.8. The van der Waals surface area contributed by atoms with E-state index in [0.717, 1.165) is 11.3 Å². The summed E-state index contributed by atoms with van der Waals surface area (Å²) in [5.41, 5.74) is 3.56. The average molecular weight is 372 g/mol. The van der Waals surface area contributed by atoms with Crippen LogP contribution in [-0.4, -0.2) is 31.2 Å². The minimum absolute atomic E-state index is 0.187. The maximum absolute atomic E-state index is 11.9. The normalized spacial score (nSPS) is 10.3. The average Bonchev–Trinajstić information content (AvgIpc) is 2.66. The fourth-order valence-corrected chi connectivity index (χ4v) is 2.01. The highest BCUT2D eigenvalue weighted by molar-refractivity contribution is 6.30. The fraction of sp³-hybridized carbons (Fsp3) is 0.105. The number of hydrazone groups is 1. The summed E-state index contributed by atoms with van der Waals surface area (Å²) in [6.07, 6.45) is 3.16. The molecule has 0 saturated carbocycles. The van der Waals surface area contributed by atoms with Gasteiger partial charge >= 0.3 is 0 Å². The Morgan fingerprint density at radius 2 is 1.81 bits per heavy atom. The van der Waals surface area contributed by atoms with Crippen LogP contribution in [0.5, 0.6) is 5.75 Å². The van der Waals surface area contributed by atoms with E-state index in [0.29, 0.717) is 17.2 Å². The van der Waals surface area contributed by atoms with Crippen LogP contribution in [0.4, 0.5) is 0 Å². The molecular weight excluding hydrogens is 354 g/mol. The van der Waals surface area contributed by atoms with E-state index in [9.17, 15) is 9.59 Å². The molecule has 0 aliphatic carbocycles. The van der Waals surface area contributed by atoms with Gasteiger partial charge in [-0.2, -0.15) is 5.10 Å². The number of benzene rings is 2. The third-order valence-corrected chi connectivity index (χ3v) is 3.42. The summed E-state index contributed by atoms with van der Waals surface area (Å²) in [5.74, 6) is -0.0820. The van der Waals surface area contributed by atoms with Gasteiger partial charge in [0.15, 0.2) is 0 Å². The Morgan fingerprint density at radius 3 is 2.46 bits per heavy atom. The molecular formula is C19H18ClN3O3. The predicted octanol–water partition coefficient (Wildman–Crippen LogP) is 2.78. The third kappa shape index (κ3) is 6.41. The van der Waals surface area contributed by atoms with E-state index >= 15 is 0 Å². The molecule has 2 N–H and O–H groups in total. The second-order valence-corrected chi connectivity index (χ2v) is 5.59. The van der Waals surface area contributed by atoms with Crippen LogP contribution in [0.25, 0.3) is 0 Å². The highest BCUT2D eigenvalue weighted by atomic mass is 35.5. The molecule has 7 heteroatoms. The molecule has 0 aliphatic heterocycles. The van der Waals surface area contributed by atoms with Crippen molar-refractivity contribution in [3.05, 3.63) is 77.3 Å². The van der Waals surface area contributed by atoms with E-state index in [1.165, 1.54) is 6.21 Å². The molecule has 0 fully saturated rings. The van der Waals surface area contributed by atoms with E-state index in [1.807, 2.05) is 0 Å². The van der Waals surface area contributed by atoms with Crippen LogP contribution in [-0.2, 0) is 4.79 Å². The lowest BCUT2D eigenvalue weighted by Gasteiger charge is -2.04. The minimum atomic E-state index is -0.436. The van der Waals surface area contributed by atoms with Crippen molar-refractivity contribution in [2.24, 2.45) is 5.10 Å². The van der Waals surface area contributed by atoms with Crippen molar-refractivity contribution in [3.63, 3.8) is 0 Å². The molecule has 2 aromatic carbocycles. The van der Waals surface area contributed by atoms with Gasteiger partial charge in [-0.15, -0.1) is 0 Å². The van der Waals surface area contributed by atoms with Gasteiger partial charge in [-0.25, -0.2) is 5.43 Å². The van der Waals surface area contributed by atoms with Crippen LogP contribution in [0.2, 0.25) is 5.02 Å². The molecule has 0 unspecified atom stereocenters. The zero-order valence-electron chi connectivity index (χ0n) is 13.9. The zero-order valence-corrected chi connectivity index (χ0v) is 14.7. The number of hydrogen-bond acceptors (Lipinski definition) is 4. The maximum atomic E-state index is 11.9. The maximum Gasteiger partial charge on any atom is 0.259 e. The summed E-state index contributed by atoms with van der Waals surface area (Å²) in [7, 11) is 0. The molecule has 2 aromatic rings. The summed E-state index contributed by atoms with van der Waals surface area (Å²) >= 11 is 5.76. The van der Waals surface area contributed by atoms with Gasteiger partial charge in [0.05, 0.1) is 12.8 Å². The van der Waals surface area contributed by atoms with Crippen LogP contribution >= 0.6 is 11.6 Å². The lowest BCUT2D eigenvalue weighted by molar-refractivity contribution is -0.120. The molecule has 0 atom stereocenters. The first-order valence-electron chi connectivity index (χ1n) is 7.78. The molecule has 134 valence electrons. The van der Waals surface area contributed by atoms with Crippen molar-refractivity contribution >= 4 is 29.6 Å². The van der Waals surface area contributed by atoms with Crippen molar-refractivity contribution in [1.82, 2.24) is 10.7 Å². The molecule has 0 radical (unpaired) electrons. The van der Waals surface area contributed by atoms with Gasteiger partial charge in [0.1, 0.15) is 12.4 Å². The number of carbonyl (C=O) groups excluding carboxylic acids is 2. The largest absolute Gasteiger partial charge is 0.490 e. The van der Waals surface area contributed by atoms with Gasteiger partial charge in [0.2, 0.25) is 0 Å². The van der Waals surface area contributed by atoms with Crippen LogP contribution in [0.1, 0.15) is 15.9 Å². The lowest BCUT2D eigenvalue weighted by Crippen LogP contribution is -2.34. The quantitative estimate of drug-likeness (QED) is 0.425. The number of nitrogens with zero attached hydrogens (tertiary/aromatic N) is 1. The van der Waals surface area contributed by atoms with Crippen molar-refractivity contribution in [3.8, 4) is 5.75 Å². The molecule has 26 heavy (non-hydrogen) atoms. The number of amides is 2. The molecule has 0 heterocycles. The Balaban J connectivity index is 1.75. The van der Waals surface area contributed by atoms with E-state index in [2.05, 4.69) is 22.4 Å². The van der Waals surface area contributed by atoms with Gasteiger partial charge in [0, 0.05) is 10.6 Å². The minimum Gasteiger partial charge on any atom is -0.490 e. The van der Waals surface area contributed by atoms with E-state index in [1.54, 1.807) is 54.6 Å². The van der Waals surface area contributed by atoms with Crippen molar-refractivity contribution < 1.29 is 14.3 Å². The Hall–Kier alpha value is -3.12. The SMILES string of the molecule is C=CCOc1ccc(C=NNC(=O)CNC(=O)c2ccc(Cl)cc2)cc1. The second kappa shape index (κ2) is 10.0. The van der Waals surface area contributed by atoms with E-state index < -0.39 is 5.91 Å². The number of hydrogen-bond donors (Lipinski definition) is 2. The number of ether oxygens (including phenoxy) is 1.